The van der Waals surface area contributed by atoms with Crippen molar-refractivity contribution in [2.45, 2.75) is 13.2 Å². The van der Waals surface area contributed by atoms with Crippen LogP contribution in [0.25, 0.3) is 0 Å². The van der Waals surface area contributed by atoms with E-state index in [0.29, 0.717) is 0 Å². The molecule has 0 spiro atoms. The number of carbonyl (C=O) groups is 1. The van der Waals surface area contributed by atoms with E-state index in [-0.39, 0.29) is 29.6 Å². The van der Waals surface area contributed by atoms with Crippen molar-refractivity contribution in [3.63, 3.8) is 0 Å². The molecule has 0 amide bonds. The van der Waals surface area contributed by atoms with Gasteiger partial charge in [0.05, 0.1) is 0 Å². The summed E-state index contributed by atoms with van der Waals surface area (Å²) < 4.78 is 32.2. The summed E-state index contributed by atoms with van der Waals surface area (Å²) >= 11 is 0. The van der Waals surface area contributed by atoms with Crippen LogP contribution < -0.4 is 34.7 Å². The van der Waals surface area contributed by atoms with Gasteiger partial charge in [-0.05, 0) is 6.37 Å². The van der Waals surface area contributed by atoms with Crippen LogP contribution in [0.1, 0.15) is 20.1 Å². The quantitative estimate of drug-likeness (QED) is 0.317. The average molecular weight is 101 g/mol. The minimum absolute atomic E-state index is 0. The summed E-state index contributed by atoms with van der Waals surface area (Å²) in [4.78, 5) is 9.82. The number of hydrogen-bond donors (Lipinski definition) is 0. The van der Waals surface area contributed by atoms with Gasteiger partial charge in [0.1, 0.15) is 0 Å². The number of carbonyl (C=O) groups excluding carboxylic acids is 1. The second kappa shape index (κ2) is 5.47. The Morgan fingerprint density at radius 1 is 2.33 bits per heavy atom. The third-order valence-corrected chi connectivity index (χ3v) is 0.102. The first kappa shape index (κ1) is 2.16. The molecule has 0 heterocycles. The molecule has 30 valence electrons. The standard InChI is InChI=1S/C3H6O2.Na/c1-2-3(4)5;/h2H2,1H3,(H,4,5);/q;+1/p-1/i1D3,2D2;. The summed E-state index contributed by atoms with van der Waals surface area (Å²) in [6.07, 6.45) is -3.26. The Labute approximate surface area is 65.9 Å². The molecular weight excluding hydrogens is 91.0 g/mol. The normalized spacial score (nSPS) is 23.0. The molecule has 0 aromatic rings. The number of carboxylic acid groups (broad SMARTS) is 1. The maximum atomic E-state index is 9.82. The Morgan fingerprint density at radius 2 is 2.83 bits per heavy atom. The predicted octanol–water partition coefficient (Wildman–Crippen LogP) is -3.85. The van der Waals surface area contributed by atoms with Gasteiger partial charge in [-0.1, -0.05) is 6.85 Å². The molecule has 0 aliphatic rings. The van der Waals surface area contributed by atoms with Crippen LogP contribution in [0.3, 0.4) is 0 Å². The molecule has 0 unspecified atom stereocenters. The minimum atomic E-state index is -3.26. The number of aliphatic carboxylic acids is 1. The van der Waals surface area contributed by atoms with E-state index in [1.165, 1.54) is 0 Å². The monoisotopic (exact) mass is 101 g/mol. The van der Waals surface area contributed by atoms with Crippen molar-refractivity contribution in [1.29, 1.82) is 0 Å². The summed E-state index contributed by atoms with van der Waals surface area (Å²) in [5.41, 5.74) is 0. The zero-order valence-corrected chi connectivity index (χ0v) is 5.32. The fraction of sp³-hybridized carbons (Fsp3) is 0.667. The summed E-state index contributed by atoms with van der Waals surface area (Å²) in [7, 11) is 0. The van der Waals surface area contributed by atoms with Crippen molar-refractivity contribution in [2.75, 3.05) is 0 Å². The van der Waals surface area contributed by atoms with Crippen LogP contribution in [-0.4, -0.2) is 5.97 Å². The topological polar surface area (TPSA) is 40.1 Å². The molecule has 0 bridgehead atoms. The van der Waals surface area contributed by atoms with Crippen LogP contribution >= 0.6 is 0 Å². The van der Waals surface area contributed by atoms with Crippen LogP contribution in [0.2, 0.25) is 0 Å². The molecule has 0 saturated carbocycles. The van der Waals surface area contributed by atoms with Crippen molar-refractivity contribution in [3.05, 3.63) is 0 Å². The third-order valence-electron chi connectivity index (χ3n) is 0.102. The Bertz CT molecular complexity index is 152. The molecule has 0 aliphatic heterocycles. The van der Waals surface area contributed by atoms with E-state index in [1.807, 2.05) is 0 Å². The maximum absolute atomic E-state index is 9.82. The first-order valence-corrected chi connectivity index (χ1v) is 0.908. The molecule has 0 saturated heterocycles. The van der Waals surface area contributed by atoms with E-state index in [1.54, 1.807) is 0 Å². The molecule has 3 heteroatoms. The number of hydrogen-bond acceptors (Lipinski definition) is 2. The SMILES string of the molecule is [2H]C([2H])([2H])C([2H])([2H])C(=O)[O-].[Na+]. The van der Waals surface area contributed by atoms with Crippen molar-refractivity contribution in [2.24, 2.45) is 0 Å². The van der Waals surface area contributed by atoms with Gasteiger partial charge in [-0.2, -0.15) is 0 Å². The average Bonchev–Trinajstić information content (AvgIpc) is 1.62. The van der Waals surface area contributed by atoms with Crippen LogP contribution in [0.15, 0.2) is 0 Å². The van der Waals surface area contributed by atoms with E-state index in [0.717, 1.165) is 0 Å². The summed E-state index contributed by atoms with van der Waals surface area (Å²) in [6, 6.07) is 0. The van der Waals surface area contributed by atoms with Gasteiger partial charge in [0.25, 0.3) is 0 Å². The van der Waals surface area contributed by atoms with E-state index in [2.05, 4.69) is 0 Å². The number of carboxylic acids is 1. The first-order chi connectivity index (χ1) is 4.19. The van der Waals surface area contributed by atoms with Gasteiger partial charge >= 0.3 is 29.6 Å². The van der Waals surface area contributed by atoms with Crippen molar-refractivity contribution in [3.8, 4) is 0 Å². The second-order valence-corrected chi connectivity index (χ2v) is 0.412. The van der Waals surface area contributed by atoms with E-state index in [9.17, 15) is 9.90 Å². The van der Waals surface area contributed by atoms with Crippen molar-refractivity contribution in [1.82, 2.24) is 0 Å². The third kappa shape index (κ3) is 8.82. The molecule has 2 nitrogen and oxygen atoms in total. The summed E-state index contributed by atoms with van der Waals surface area (Å²) in [5.74, 6) is -2.22. The Balaban J connectivity index is 0. The Morgan fingerprint density at radius 3 is 2.83 bits per heavy atom. The molecule has 0 aromatic carbocycles. The maximum Gasteiger partial charge on any atom is 1.00 e. The molecule has 0 rings (SSSR count). The Hall–Kier alpha value is 0.470. The minimum Gasteiger partial charge on any atom is -0.550 e. The molecule has 0 atom stereocenters. The number of rotatable bonds is 1. The second-order valence-electron chi connectivity index (χ2n) is 0.412. The molecule has 0 aliphatic carbocycles. The van der Waals surface area contributed by atoms with Gasteiger partial charge in [-0.3, -0.25) is 0 Å². The summed E-state index contributed by atoms with van der Waals surface area (Å²) in [6.45, 7) is -3.16. The Kier molecular flexibility index (Phi) is 1.97. The first-order valence-electron chi connectivity index (χ1n) is 3.41. The van der Waals surface area contributed by atoms with E-state index < -0.39 is 19.2 Å². The smallest absolute Gasteiger partial charge is 0.550 e. The molecule has 0 radical (unpaired) electrons. The van der Waals surface area contributed by atoms with Crippen LogP contribution in [0.4, 0.5) is 0 Å². The van der Waals surface area contributed by atoms with Gasteiger partial charge in [-0.25, -0.2) is 0 Å². The van der Waals surface area contributed by atoms with E-state index >= 15 is 0 Å². The fourth-order valence-electron chi connectivity index (χ4n) is 0. The predicted molar refractivity (Wildman–Crippen MR) is 15.3 cm³/mol. The van der Waals surface area contributed by atoms with Crippen molar-refractivity contribution < 1.29 is 46.3 Å². The zero-order chi connectivity index (χ0) is 8.58. The van der Waals surface area contributed by atoms with E-state index in [4.69, 9.17) is 6.85 Å². The van der Waals surface area contributed by atoms with Gasteiger partial charge in [0.2, 0.25) is 0 Å². The molecule has 0 N–H and O–H groups in total. The fourth-order valence-corrected chi connectivity index (χ4v) is 0. The zero-order valence-electron chi connectivity index (χ0n) is 8.32. The summed E-state index contributed by atoms with van der Waals surface area (Å²) in [5, 5.41) is 9.82. The largest absolute Gasteiger partial charge is 1.00 e. The van der Waals surface area contributed by atoms with Gasteiger partial charge in [-0.15, -0.1) is 0 Å². The molecule has 6 heavy (non-hydrogen) atoms. The van der Waals surface area contributed by atoms with Crippen LogP contribution in [0.5, 0.6) is 0 Å². The van der Waals surface area contributed by atoms with Gasteiger partial charge in [0, 0.05) is 12.8 Å². The van der Waals surface area contributed by atoms with Gasteiger partial charge in [0.15, 0.2) is 0 Å². The molecule has 0 fully saturated rings. The van der Waals surface area contributed by atoms with Gasteiger partial charge < -0.3 is 9.90 Å². The molecular formula is C3H5NaO2. The van der Waals surface area contributed by atoms with Crippen molar-refractivity contribution >= 4 is 5.97 Å². The van der Waals surface area contributed by atoms with Crippen LogP contribution in [0, 0.1) is 0 Å². The molecule has 0 aromatic heterocycles. The van der Waals surface area contributed by atoms with Crippen LogP contribution in [-0.2, 0) is 4.79 Å².